The smallest absolute Gasteiger partial charge is 0.344 e. The maximum absolute atomic E-state index is 11.3. The Labute approximate surface area is 119 Å². The summed E-state index contributed by atoms with van der Waals surface area (Å²) in [5, 5.41) is 10.6. The monoisotopic (exact) mass is 331 g/mol. The van der Waals surface area contributed by atoms with E-state index in [-0.39, 0.29) is 18.0 Å². The van der Waals surface area contributed by atoms with Gasteiger partial charge in [0.05, 0.1) is 22.1 Å². The van der Waals surface area contributed by atoms with Gasteiger partial charge in [0.2, 0.25) is 0 Å². The van der Waals surface area contributed by atoms with E-state index in [1.54, 1.807) is 0 Å². The van der Waals surface area contributed by atoms with Crippen LogP contribution >= 0.6 is 15.9 Å². The number of non-ortho nitro benzene ring substituents is 1. The number of hydrogen-bond donors (Lipinski definition) is 0. The third kappa shape index (κ3) is 5.25. The second-order valence-corrected chi connectivity index (χ2v) is 4.59. The van der Waals surface area contributed by atoms with Gasteiger partial charge in [-0.2, -0.15) is 0 Å². The summed E-state index contributed by atoms with van der Waals surface area (Å²) in [7, 11) is 0. The van der Waals surface area contributed by atoms with Crippen LogP contribution < -0.4 is 4.74 Å². The standard InChI is InChI=1S/C12H14BrNO5/c1-2-3-6-18-12(15)8-19-11-7-9(14(16)17)4-5-10(11)13/h4-5,7H,2-3,6,8H2,1H3. The van der Waals surface area contributed by atoms with Crippen molar-refractivity contribution in [3.05, 3.63) is 32.8 Å². The van der Waals surface area contributed by atoms with Crippen molar-refractivity contribution in [2.75, 3.05) is 13.2 Å². The summed E-state index contributed by atoms with van der Waals surface area (Å²) in [6.07, 6.45) is 1.73. The van der Waals surface area contributed by atoms with Gasteiger partial charge in [0.1, 0.15) is 5.75 Å². The number of ether oxygens (including phenoxy) is 2. The van der Waals surface area contributed by atoms with Gasteiger partial charge >= 0.3 is 5.97 Å². The highest BCUT2D eigenvalue weighted by Gasteiger charge is 2.12. The molecule has 0 bridgehead atoms. The van der Waals surface area contributed by atoms with Crippen LogP contribution in [-0.2, 0) is 9.53 Å². The molecule has 0 aliphatic heterocycles. The minimum Gasteiger partial charge on any atom is -0.480 e. The molecule has 7 heteroatoms. The number of nitro groups is 1. The molecular weight excluding hydrogens is 318 g/mol. The fourth-order valence-electron chi connectivity index (χ4n) is 1.22. The van der Waals surface area contributed by atoms with Gasteiger partial charge in [0.15, 0.2) is 6.61 Å². The molecule has 0 amide bonds. The van der Waals surface area contributed by atoms with Crippen LogP contribution in [0.4, 0.5) is 5.69 Å². The van der Waals surface area contributed by atoms with E-state index in [1.807, 2.05) is 6.92 Å². The van der Waals surface area contributed by atoms with Crippen molar-refractivity contribution in [1.29, 1.82) is 0 Å². The number of rotatable bonds is 7. The molecular formula is C12H14BrNO5. The molecule has 1 rings (SSSR count). The first kappa shape index (κ1) is 15.4. The minimum atomic E-state index is -0.529. The molecule has 0 fully saturated rings. The Morgan fingerprint density at radius 3 is 2.84 bits per heavy atom. The summed E-state index contributed by atoms with van der Waals surface area (Å²) in [5.74, 6) is -0.256. The average molecular weight is 332 g/mol. The Bertz CT molecular complexity index is 463. The number of nitrogens with zero attached hydrogens (tertiary/aromatic N) is 1. The number of unbranched alkanes of at least 4 members (excludes halogenated alkanes) is 1. The van der Waals surface area contributed by atoms with Crippen LogP contribution in [-0.4, -0.2) is 24.1 Å². The minimum absolute atomic E-state index is 0.0995. The molecule has 0 saturated carbocycles. The van der Waals surface area contributed by atoms with Crippen molar-refractivity contribution in [1.82, 2.24) is 0 Å². The van der Waals surface area contributed by atoms with Crippen molar-refractivity contribution in [3.8, 4) is 5.75 Å². The maximum atomic E-state index is 11.3. The summed E-state index contributed by atoms with van der Waals surface area (Å²) in [5.41, 5.74) is -0.0995. The molecule has 19 heavy (non-hydrogen) atoms. The number of carbonyl (C=O) groups excluding carboxylic acids is 1. The number of nitro benzene ring substituents is 1. The highest BCUT2D eigenvalue weighted by atomic mass is 79.9. The molecule has 0 N–H and O–H groups in total. The molecule has 0 heterocycles. The summed E-state index contributed by atoms with van der Waals surface area (Å²) < 4.78 is 10.6. The topological polar surface area (TPSA) is 78.7 Å². The molecule has 1 aromatic carbocycles. The van der Waals surface area contributed by atoms with Crippen molar-refractivity contribution in [3.63, 3.8) is 0 Å². The number of halogens is 1. The van der Waals surface area contributed by atoms with Crippen LogP contribution in [0, 0.1) is 10.1 Å². The van der Waals surface area contributed by atoms with E-state index in [4.69, 9.17) is 9.47 Å². The zero-order valence-electron chi connectivity index (χ0n) is 10.4. The molecule has 0 saturated heterocycles. The molecule has 0 spiro atoms. The van der Waals surface area contributed by atoms with E-state index < -0.39 is 10.9 Å². The lowest BCUT2D eigenvalue weighted by Gasteiger charge is -2.08. The van der Waals surface area contributed by atoms with E-state index in [0.717, 1.165) is 12.8 Å². The van der Waals surface area contributed by atoms with Crippen LogP contribution in [0.1, 0.15) is 19.8 Å². The van der Waals surface area contributed by atoms with E-state index in [1.165, 1.54) is 18.2 Å². The first-order valence-electron chi connectivity index (χ1n) is 5.77. The molecule has 0 aromatic heterocycles. The molecule has 6 nitrogen and oxygen atoms in total. The average Bonchev–Trinajstić information content (AvgIpc) is 2.37. The SMILES string of the molecule is CCCCOC(=O)COc1cc([N+](=O)[O-])ccc1Br. The van der Waals surface area contributed by atoms with Crippen LogP contribution in [0.3, 0.4) is 0 Å². The maximum Gasteiger partial charge on any atom is 0.344 e. The van der Waals surface area contributed by atoms with E-state index in [2.05, 4.69) is 15.9 Å². The lowest BCUT2D eigenvalue weighted by atomic mass is 10.3. The number of hydrogen-bond acceptors (Lipinski definition) is 5. The van der Waals surface area contributed by atoms with Crippen LogP contribution in [0.2, 0.25) is 0 Å². The van der Waals surface area contributed by atoms with Crippen LogP contribution in [0.5, 0.6) is 5.75 Å². The molecule has 0 radical (unpaired) electrons. The third-order valence-electron chi connectivity index (χ3n) is 2.23. The zero-order valence-corrected chi connectivity index (χ0v) is 12.0. The number of esters is 1. The van der Waals surface area contributed by atoms with Gasteiger partial charge in [-0.15, -0.1) is 0 Å². The highest BCUT2D eigenvalue weighted by molar-refractivity contribution is 9.10. The predicted molar refractivity (Wildman–Crippen MR) is 72.2 cm³/mol. The quantitative estimate of drug-likeness (QED) is 0.332. The van der Waals surface area contributed by atoms with Crippen molar-refractivity contribution in [2.24, 2.45) is 0 Å². The van der Waals surface area contributed by atoms with E-state index in [0.29, 0.717) is 11.1 Å². The van der Waals surface area contributed by atoms with Gasteiger partial charge in [0, 0.05) is 6.07 Å². The van der Waals surface area contributed by atoms with E-state index >= 15 is 0 Å². The second kappa shape index (κ2) is 7.73. The van der Waals surface area contributed by atoms with Crippen molar-refractivity contribution >= 4 is 27.6 Å². The van der Waals surface area contributed by atoms with Crippen LogP contribution in [0.15, 0.2) is 22.7 Å². The van der Waals surface area contributed by atoms with Gasteiger partial charge in [-0.05, 0) is 28.4 Å². The Hall–Kier alpha value is -1.63. The largest absolute Gasteiger partial charge is 0.480 e. The van der Waals surface area contributed by atoms with Crippen molar-refractivity contribution < 1.29 is 19.2 Å². The predicted octanol–water partition coefficient (Wildman–Crippen LogP) is 3.08. The first-order valence-corrected chi connectivity index (χ1v) is 6.56. The summed E-state index contributed by atoms with van der Waals surface area (Å²) in [6.45, 7) is 2.07. The number of carbonyl (C=O) groups is 1. The van der Waals surface area contributed by atoms with Gasteiger partial charge in [0.25, 0.3) is 5.69 Å². The molecule has 0 aliphatic rings. The first-order chi connectivity index (χ1) is 9.04. The lowest BCUT2D eigenvalue weighted by Crippen LogP contribution is -2.15. The third-order valence-corrected chi connectivity index (χ3v) is 2.89. The van der Waals surface area contributed by atoms with Crippen LogP contribution in [0.25, 0.3) is 0 Å². The number of benzene rings is 1. The van der Waals surface area contributed by atoms with E-state index in [9.17, 15) is 14.9 Å². The Kier molecular flexibility index (Phi) is 6.27. The molecule has 0 atom stereocenters. The lowest BCUT2D eigenvalue weighted by molar-refractivity contribution is -0.385. The summed E-state index contributed by atoms with van der Waals surface area (Å²) >= 11 is 3.19. The van der Waals surface area contributed by atoms with Gasteiger partial charge in [-0.1, -0.05) is 13.3 Å². The fourth-order valence-corrected chi connectivity index (χ4v) is 1.59. The zero-order chi connectivity index (χ0) is 14.3. The summed E-state index contributed by atoms with van der Waals surface area (Å²) in [6, 6.07) is 4.09. The molecule has 104 valence electrons. The summed E-state index contributed by atoms with van der Waals surface area (Å²) in [4.78, 5) is 21.4. The Morgan fingerprint density at radius 1 is 1.47 bits per heavy atom. The van der Waals surface area contributed by atoms with Gasteiger partial charge in [-0.25, -0.2) is 4.79 Å². The van der Waals surface area contributed by atoms with Crippen molar-refractivity contribution in [2.45, 2.75) is 19.8 Å². The van der Waals surface area contributed by atoms with Gasteiger partial charge in [-0.3, -0.25) is 10.1 Å². The Morgan fingerprint density at radius 2 is 2.21 bits per heavy atom. The fraction of sp³-hybridized carbons (Fsp3) is 0.417. The Balaban J connectivity index is 2.54. The second-order valence-electron chi connectivity index (χ2n) is 3.73. The molecule has 0 aliphatic carbocycles. The van der Waals surface area contributed by atoms with Gasteiger partial charge < -0.3 is 9.47 Å². The highest BCUT2D eigenvalue weighted by Crippen LogP contribution is 2.29. The normalized spacial score (nSPS) is 10.0. The molecule has 1 aromatic rings. The molecule has 0 unspecified atom stereocenters.